The van der Waals surface area contributed by atoms with E-state index in [9.17, 15) is 9.59 Å². The van der Waals surface area contributed by atoms with Crippen LogP contribution in [0.15, 0.2) is 22.7 Å². The summed E-state index contributed by atoms with van der Waals surface area (Å²) in [4.78, 5) is 22.1. The van der Waals surface area contributed by atoms with Gasteiger partial charge in [-0.2, -0.15) is 0 Å². The summed E-state index contributed by atoms with van der Waals surface area (Å²) in [6.07, 6.45) is -0.121. The van der Waals surface area contributed by atoms with Gasteiger partial charge in [0, 0.05) is 10.5 Å². The number of anilines is 1. The number of carbonyl (C=O) groups is 2. The second kappa shape index (κ2) is 5.65. The molecule has 1 aromatic carbocycles. The Kier molecular flexibility index (Phi) is 4.49. The lowest BCUT2D eigenvalue weighted by Gasteiger charge is -2.08. The third-order valence-corrected chi connectivity index (χ3v) is 2.55. The number of amides is 1. The predicted octanol–water partition coefficient (Wildman–Crippen LogP) is 2.38. The van der Waals surface area contributed by atoms with Crippen molar-refractivity contribution in [1.82, 2.24) is 0 Å². The largest absolute Gasteiger partial charge is 0.497 e. The van der Waals surface area contributed by atoms with E-state index < -0.39 is 0 Å². The van der Waals surface area contributed by atoms with E-state index in [-0.39, 0.29) is 18.1 Å². The first kappa shape index (κ1) is 12.7. The highest BCUT2D eigenvalue weighted by Crippen LogP contribution is 2.27. The third-order valence-electron chi connectivity index (χ3n) is 1.86. The van der Waals surface area contributed by atoms with E-state index in [4.69, 9.17) is 4.74 Å². The Labute approximate surface area is 102 Å². The molecule has 0 saturated heterocycles. The number of ether oxygens (including phenoxy) is 1. The second-order valence-corrected chi connectivity index (χ2v) is 4.13. The van der Waals surface area contributed by atoms with Gasteiger partial charge in [0.25, 0.3) is 0 Å². The van der Waals surface area contributed by atoms with Crippen molar-refractivity contribution in [2.75, 3.05) is 12.4 Å². The molecule has 0 fully saturated rings. The summed E-state index contributed by atoms with van der Waals surface area (Å²) in [5, 5.41) is 2.63. The van der Waals surface area contributed by atoms with Crippen LogP contribution in [-0.4, -0.2) is 18.8 Å². The van der Waals surface area contributed by atoms with Crippen LogP contribution in [0.3, 0.4) is 0 Å². The van der Waals surface area contributed by atoms with Crippen molar-refractivity contribution >= 4 is 33.3 Å². The molecule has 0 unspecified atom stereocenters. The Morgan fingerprint density at radius 3 is 2.69 bits per heavy atom. The van der Waals surface area contributed by atoms with Gasteiger partial charge >= 0.3 is 0 Å². The summed E-state index contributed by atoms with van der Waals surface area (Å²) in [6.45, 7) is 1.38. The van der Waals surface area contributed by atoms with Gasteiger partial charge < -0.3 is 10.1 Å². The zero-order valence-electron chi connectivity index (χ0n) is 9.04. The van der Waals surface area contributed by atoms with Crippen LogP contribution in [0.4, 0.5) is 5.69 Å². The number of Topliss-reactive ketones (excluding diaryl/α,β-unsaturated/α-hetero) is 1. The van der Waals surface area contributed by atoms with Gasteiger partial charge in [-0.05, 0) is 35.0 Å². The molecule has 4 nitrogen and oxygen atoms in total. The average molecular weight is 286 g/mol. The van der Waals surface area contributed by atoms with Crippen molar-refractivity contribution in [3.05, 3.63) is 22.7 Å². The van der Waals surface area contributed by atoms with Crippen LogP contribution in [0.25, 0.3) is 0 Å². The predicted molar refractivity (Wildman–Crippen MR) is 64.6 cm³/mol. The zero-order chi connectivity index (χ0) is 12.1. The highest BCUT2D eigenvalue weighted by molar-refractivity contribution is 9.10. The smallest absolute Gasteiger partial charge is 0.231 e. The molecule has 0 saturated carbocycles. The van der Waals surface area contributed by atoms with E-state index in [1.807, 2.05) is 0 Å². The summed E-state index contributed by atoms with van der Waals surface area (Å²) < 4.78 is 5.77. The number of halogens is 1. The lowest BCUT2D eigenvalue weighted by Crippen LogP contribution is -2.15. The maximum atomic E-state index is 11.4. The van der Waals surface area contributed by atoms with E-state index in [0.29, 0.717) is 11.4 Å². The molecule has 0 aliphatic carbocycles. The van der Waals surface area contributed by atoms with Crippen molar-refractivity contribution in [2.24, 2.45) is 0 Å². The molecule has 0 bridgehead atoms. The zero-order valence-corrected chi connectivity index (χ0v) is 10.6. The molecule has 16 heavy (non-hydrogen) atoms. The molecule has 1 amide bonds. The number of carbonyl (C=O) groups excluding carboxylic acids is 2. The molecule has 1 aromatic rings. The standard InChI is InChI=1S/C11H12BrNO3/c1-7(14)5-11(15)13-10-6-8(16-2)3-4-9(10)12/h3-4,6H,5H2,1-2H3,(H,13,15). The van der Waals surface area contributed by atoms with E-state index in [0.717, 1.165) is 4.47 Å². The SMILES string of the molecule is COc1ccc(Br)c(NC(=O)CC(C)=O)c1. The second-order valence-electron chi connectivity index (χ2n) is 3.27. The maximum Gasteiger partial charge on any atom is 0.231 e. The summed E-state index contributed by atoms with van der Waals surface area (Å²) in [5.74, 6) is 0.138. The lowest BCUT2D eigenvalue weighted by atomic mass is 10.2. The Hall–Kier alpha value is -1.36. The van der Waals surface area contributed by atoms with Crippen molar-refractivity contribution in [3.63, 3.8) is 0 Å². The van der Waals surface area contributed by atoms with Crippen LogP contribution in [0.5, 0.6) is 5.75 Å². The van der Waals surface area contributed by atoms with E-state index in [1.165, 1.54) is 6.92 Å². The molecular formula is C11H12BrNO3. The number of methoxy groups -OCH3 is 1. The van der Waals surface area contributed by atoms with Gasteiger partial charge in [0.2, 0.25) is 5.91 Å². The fourth-order valence-corrected chi connectivity index (χ4v) is 1.49. The molecule has 5 heteroatoms. The number of nitrogens with one attached hydrogen (secondary N) is 1. The Morgan fingerprint density at radius 1 is 1.44 bits per heavy atom. The van der Waals surface area contributed by atoms with Gasteiger partial charge in [0.05, 0.1) is 19.2 Å². The molecule has 0 radical (unpaired) electrons. The maximum absolute atomic E-state index is 11.4. The molecule has 0 atom stereocenters. The van der Waals surface area contributed by atoms with Gasteiger partial charge in [0.15, 0.2) is 0 Å². The van der Waals surface area contributed by atoms with E-state index in [2.05, 4.69) is 21.2 Å². The summed E-state index contributed by atoms with van der Waals surface area (Å²) >= 11 is 3.30. The Balaban J connectivity index is 2.79. The molecular weight excluding hydrogens is 274 g/mol. The Morgan fingerprint density at radius 2 is 2.12 bits per heavy atom. The highest BCUT2D eigenvalue weighted by atomic mass is 79.9. The van der Waals surface area contributed by atoms with Crippen LogP contribution >= 0.6 is 15.9 Å². The number of rotatable bonds is 4. The van der Waals surface area contributed by atoms with Crippen LogP contribution in [0, 0.1) is 0 Å². The molecule has 0 aromatic heterocycles. The van der Waals surface area contributed by atoms with Crippen LogP contribution in [-0.2, 0) is 9.59 Å². The minimum Gasteiger partial charge on any atom is -0.497 e. The summed E-state index contributed by atoms with van der Waals surface area (Å²) in [5.41, 5.74) is 0.589. The first-order valence-corrected chi connectivity index (χ1v) is 5.45. The molecule has 1 N–H and O–H groups in total. The van der Waals surface area contributed by atoms with E-state index in [1.54, 1.807) is 25.3 Å². The molecule has 0 aliphatic rings. The first-order chi connectivity index (χ1) is 7.52. The van der Waals surface area contributed by atoms with E-state index >= 15 is 0 Å². The van der Waals surface area contributed by atoms with Gasteiger partial charge in [-0.1, -0.05) is 0 Å². The topological polar surface area (TPSA) is 55.4 Å². The van der Waals surface area contributed by atoms with Gasteiger partial charge in [-0.15, -0.1) is 0 Å². The van der Waals surface area contributed by atoms with Gasteiger partial charge in [-0.25, -0.2) is 0 Å². The minimum absolute atomic E-state index is 0.121. The number of ketones is 1. The lowest BCUT2D eigenvalue weighted by molar-refractivity contribution is -0.124. The highest BCUT2D eigenvalue weighted by Gasteiger charge is 2.08. The van der Waals surface area contributed by atoms with Gasteiger partial charge in [0.1, 0.15) is 11.5 Å². The monoisotopic (exact) mass is 285 g/mol. The fraction of sp³-hybridized carbons (Fsp3) is 0.273. The summed E-state index contributed by atoms with van der Waals surface area (Å²) in [6, 6.07) is 5.22. The van der Waals surface area contributed by atoms with Crippen molar-refractivity contribution in [3.8, 4) is 5.75 Å². The molecule has 1 rings (SSSR count). The number of benzene rings is 1. The average Bonchev–Trinajstić information content (AvgIpc) is 2.20. The number of hydrogen-bond donors (Lipinski definition) is 1. The van der Waals surface area contributed by atoms with Crippen LogP contribution in [0.1, 0.15) is 13.3 Å². The Bertz CT molecular complexity index is 418. The van der Waals surface area contributed by atoms with Crippen LogP contribution < -0.4 is 10.1 Å². The van der Waals surface area contributed by atoms with Crippen LogP contribution in [0.2, 0.25) is 0 Å². The van der Waals surface area contributed by atoms with Crippen molar-refractivity contribution in [1.29, 1.82) is 0 Å². The third kappa shape index (κ3) is 3.66. The molecule has 0 aliphatic heterocycles. The number of hydrogen-bond acceptors (Lipinski definition) is 3. The summed E-state index contributed by atoms with van der Waals surface area (Å²) in [7, 11) is 1.55. The quantitative estimate of drug-likeness (QED) is 0.864. The fourth-order valence-electron chi connectivity index (χ4n) is 1.15. The molecule has 86 valence electrons. The normalized spacial score (nSPS) is 9.69. The van der Waals surface area contributed by atoms with Crippen molar-refractivity contribution < 1.29 is 14.3 Å². The first-order valence-electron chi connectivity index (χ1n) is 4.65. The van der Waals surface area contributed by atoms with Crippen molar-refractivity contribution in [2.45, 2.75) is 13.3 Å². The molecule has 0 spiro atoms. The van der Waals surface area contributed by atoms with Gasteiger partial charge in [-0.3, -0.25) is 9.59 Å². The molecule has 0 heterocycles. The minimum atomic E-state index is -0.332.